The topological polar surface area (TPSA) is 62.1 Å². The number of benzene rings is 1. The van der Waals surface area contributed by atoms with E-state index in [1.165, 1.54) is 4.88 Å². The molecule has 0 N–H and O–H groups in total. The van der Waals surface area contributed by atoms with Crippen molar-refractivity contribution in [1.82, 2.24) is 19.7 Å². The zero-order chi connectivity index (χ0) is 22.1. The maximum absolute atomic E-state index is 5.49. The van der Waals surface area contributed by atoms with Gasteiger partial charge in [-0.3, -0.25) is 4.57 Å². The molecule has 164 valence electrons. The molecule has 0 aliphatic carbocycles. The van der Waals surface area contributed by atoms with E-state index in [-0.39, 0.29) is 6.79 Å². The van der Waals surface area contributed by atoms with Gasteiger partial charge in [-0.2, -0.15) is 0 Å². The minimum Gasteiger partial charge on any atom is -0.454 e. The number of hydrogen-bond acceptors (Lipinski definition) is 8. The third kappa shape index (κ3) is 4.20. The van der Waals surface area contributed by atoms with Crippen LogP contribution in [0.15, 0.2) is 52.8 Å². The Morgan fingerprint density at radius 2 is 2.00 bits per heavy atom. The van der Waals surface area contributed by atoms with Gasteiger partial charge in [0.25, 0.3) is 0 Å². The number of thioether (sulfide) groups is 1. The van der Waals surface area contributed by atoms with Gasteiger partial charge in [-0.05, 0) is 30.2 Å². The quantitative estimate of drug-likeness (QED) is 0.212. The number of thiophene rings is 1. The summed E-state index contributed by atoms with van der Waals surface area (Å²) in [6.07, 6.45) is 1.88. The fourth-order valence-corrected chi connectivity index (χ4v) is 6.02. The van der Waals surface area contributed by atoms with Crippen molar-refractivity contribution in [3.05, 3.63) is 58.3 Å². The first-order valence-electron chi connectivity index (χ1n) is 10.2. The molecule has 0 saturated carbocycles. The number of aromatic nitrogens is 4. The van der Waals surface area contributed by atoms with Gasteiger partial charge in [-0.1, -0.05) is 31.7 Å². The molecule has 3 aromatic heterocycles. The van der Waals surface area contributed by atoms with Crippen LogP contribution in [0.25, 0.3) is 22.0 Å². The van der Waals surface area contributed by atoms with Crippen molar-refractivity contribution >= 4 is 34.4 Å². The van der Waals surface area contributed by atoms with Crippen LogP contribution in [-0.4, -0.2) is 26.5 Å². The summed E-state index contributed by atoms with van der Waals surface area (Å²) in [6.45, 7) is 9.26. The lowest BCUT2D eigenvalue weighted by Crippen LogP contribution is -2.00. The first kappa shape index (κ1) is 21.2. The number of fused-ring (bicyclic) bond motifs is 1. The van der Waals surface area contributed by atoms with Crippen molar-refractivity contribution in [2.24, 2.45) is 0 Å². The van der Waals surface area contributed by atoms with Crippen LogP contribution >= 0.6 is 34.4 Å². The normalized spacial score (nSPS) is 12.6. The highest BCUT2D eigenvalue weighted by molar-refractivity contribution is 7.98. The van der Waals surface area contributed by atoms with Crippen molar-refractivity contribution in [1.29, 1.82) is 0 Å². The number of hydrogen-bond donors (Lipinski definition) is 0. The number of ether oxygens (including phenoxy) is 2. The number of thiazole rings is 1. The monoisotopic (exact) mass is 482 g/mol. The fraction of sp³-hybridized carbons (Fsp3) is 0.261. The van der Waals surface area contributed by atoms with Crippen molar-refractivity contribution in [3.63, 3.8) is 0 Å². The zero-order valence-electron chi connectivity index (χ0n) is 17.8. The zero-order valence-corrected chi connectivity index (χ0v) is 20.2. The van der Waals surface area contributed by atoms with E-state index in [0.29, 0.717) is 12.5 Å². The Labute approximate surface area is 199 Å². The second-order valence-corrected chi connectivity index (χ2v) is 10.3. The van der Waals surface area contributed by atoms with Gasteiger partial charge in [0, 0.05) is 39.1 Å². The molecule has 0 saturated heterocycles. The molecule has 0 radical (unpaired) electrons. The van der Waals surface area contributed by atoms with Crippen LogP contribution in [0.4, 0.5) is 0 Å². The van der Waals surface area contributed by atoms with Gasteiger partial charge in [0.05, 0.1) is 5.69 Å². The van der Waals surface area contributed by atoms with Gasteiger partial charge < -0.3 is 9.47 Å². The van der Waals surface area contributed by atoms with E-state index in [0.717, 1.165) is 50.1 Å². The van der Waals surface area contributed by atoms with E-state index in [4.69, 9.17) is 14.5 Å². The van der Waals surface area contributed by atoms with Crippen LogP contribution in [0, 0.1) is 0 Å². The molecule has 4 aromatic rings. The average Bonchev–Trinajstić information content (AvgIpc) is 3.58. The van der Waals surface area contributed by atoms with E-state index in [1.54, 1.807) is 34.4 Å². The molecule has 0 amide bonds. The second kappa shape index (κ2) is 9.09. The Bertz CT molecular complexity index is 1260. The van der Waals surface area contributed by atoms with Crippen LogP contribution in [0.1, 0.15) is 30.3 Å². The lowest BCUT2D eigenvalue weighted by atomic mass is 10.1. The third-order valence-electron chi connectivity index (χ3n) is 5.00. The Morgan fingerprint density at radius 3 is 2.81 bits per heavy atom. The van der Waals surface area contributed by atoms with Crippen LogP contribution in [0.3, 0.4) is 0 Å². The smallest absolute Gasteiger partial charge is 0.231 e. The predicted molar refractivity (Wildman–Crippen MR) is 131 cm³/mol. The molecule has 0 fully saturated rings. The van der Waals surface area contributed by atoms with E-state index in [1.807, 2.05) is 24.3 Å². The van der Waals surface area contributed by atoms with Crippen LogP contribution in [-0.2, 0) is 12.3 Å². The summed E-state index contributed by atoms with van der Waals surface area (Å²) in [7, 11) is 0. The van der Waals surface area contributed by atoms with Gasteiger partial charge in [0.1, 0.15) is 5.01 Å². The molecular weight excluding hydrogens is 460 g/mol. The van der Waals surface area contributed by atoms with Crippen LogP contribution in [0.2, 0.25) is 0 Å². The highest BCUT2D eigenvalue weighted by Crippen LogP contribution is 2.37. The van der Waals surface area contributed by atoms with Gasteiger partial charge in [0.15, 0.2) is 22.5 Å². The van der Waals surface area contributed by atoms with Gasteiger partial charge in [0.2, 0.25) is 6.79 Å². The first-order valence-corrected chi connectivity index (χ1v) is 13.0. The molecule has 32 heavy (non-hydrogen) atoms. The van der Waals surface area contributed by atoms with Crippen molar-refractivity contribution in [2.75, 3.05) is 6.79 Å². The molecule has 1 aliphatic rings. The molecule has 0 spiro atoms. The van der Waals surface area contributed by atoms with Gasteiger partial charge in [-0.25, -0.2) is 4.98 Å². The van der Waals surface area contributed by atoms with E-state index in [2.05, 4.69) is 52.0 Å². The van der Waals surface area contributed by atoms with E-state index >= 15 is 0 Å². The van der Waals surface area contributed by atoms with E-state index in [9.17, 15) is 0 Å². The number of nitrogens with zero attached hydrogens (tertiary/aromatic N) is 4. The number of rotatable bonds is 8. The molecule has 1 aromatic carbocycles. The SMILES string of the molecule is C=CCn1c(SCc2csc(-c3ccc4c(c3)OCO4)n2)nnc1-c1csc(C(C)C)c1. The molecule has 5 rings (SSSR count). The standard InChI is InChI=1S/C23H22N4O2S3/c1-4-7-27-21(16-9-20(14(2)3)30-10-16)25-26-23(27)32-12-17-11-31-22(24-17)15-5-6-18-19(8-15)29-13-28-18/h4-6,8-11,14H,1,7,12-13H2,2-3H3. The fourth-order valence-electron chi connectivity index (χ4n) is 3.35. The highest BCUT2D eigenvalue weighted by atomic mass is 32.2. The Balaban J connectivity index is 1.33. The summed E-state index contributed by atoms with van der Waals surface area (Å²) in [6, 6.07) is 8.15. The van der Waals surface area contributed by atoms with Crippen molar-refractivity contribution < 1.29 is 9.47 Å². The predicted octanol–water partition coefficient (Wildman–Crippen LogP) is 6.46. The highest BCUT2D eigenvalue weighted by Gasteiger charge is 2.18. The first-order chi connectivity index (χ1) is 15.6. The van der Waals surface area contributed by atoms with Gasteiger partial charge >= 0.3 is 0 Å². The Kier molecular flexibility index (Phi) is 6.03. The summed E-state index contributed by atoms with van der Waals surface area (Å²) >= 11 is 5.04. The van der Waals surface area contributed by atoms with E-state index < -0.39 is 0 Å². The molecule has 0 atom stereocenters. The molecule has 0 bridgehead atoms. The summed E-state index contributed by atoms with van der Waals surface area (Å²) in [4.78, 5) is 6.16. The molecule has 6 nitrogen and oxygen atoms in total. The molecule has 0 unspecified atom stereocenters. The van der Waals surface area contributed by atoms with Crippen LogP contribution in [0.5, 0.6) is 11.5 Å². The molecular formula is C23H22N4O2S3. The average molecular weight is 483 g/mol. The van der Waals surface area contributed by atoms with Gasteiger partial charge in [-0.15, -0.1) is 39.4 Å². The molecule has 4 heterocycles. The van der Waals surface area contributed by atoms with Crippen molar-refractivity contribution in [2.45, 2.75) is 37.2 Å². The summed E-state index contributed by atoms with van der Waals surface area (Å²) < 4.78 is 13.0. The minimum absolute atomic E-state index is 0.274. The summed E-state index contributed by atoms with van der Waals surface area (Å²) in [5, 5.41) is 15.0. The van der Waals surface area contributed by atoms with Crippen molar-refractivity contribution in [3.8, 4) is 33.5 Å². The second-order valence-electron chi connectivity index (χ2n) is 7.60. The Hall–Kier alpha value is -2.62. The molecule has 1 aliphatic heterocycles. The van der Waals surface area contributed by atoms with Crippen LogP contribution < -0.4 is 9.47 Å². The number of allylic oxidation sites excluding steroid dienone is 1. The molecule has 9 heteroatoms. The third-order valence-corrected chi connectivity index (χ3v) is 8.17. The maximum Gasteiger partial charge on any atom is 0.231 e. The summed E-state index contributed by atoms with van der Waals surface area (Å²) in [5.41, 5.74) is 3.16. The maximum atomic E-state index is 5.49. The minimum atomic E-state index is 0.274. The lowest BCUT2D eigenvalue weighted by molar-refractivity contribution is 0.174. The largest absolute Gasteiger partial charge is 0.454 e. The summed E-state index contributed by atoms with van der Waals surface area (Å²) in [5.74, 6) is 3.66. The Morgan fingerprint density at radius 1 is 1.12 bits per heavy atom. The lowest BCUT2D eigenvalue weighted by Gasteiger charge is -2.06.